The first-order valence-corrected chi connectivity index (χ1v) is 8.84. The summed E-state index contributed by atoms with van der Waals surface area (Å²) >= 11 is 0. The van der Waals surface area contributed by atoms with E-state index in [4.69, 9.17) is 4.98 Å². The molecule has 7 nitrogen and oxygen atoms in total. The van der Waals surface area contributed by atoms with Crippen molar-refractivity contribution in [1.29, 1.82) is 0 Å². The van der Waals surface area contributed by atoms with Crippen LogP contribution in [0, 0.1) is 5.82 Å². The predicted molar refractivity (Wildman–Crippen MR) is 105 cm³/mol. The first kappa shape index (κ1) is 16.4. The molecule has 28 heavy (non-hydrogen) atoms. The molecule has 0 spiro atoms. The third-order valence-corrected chi connectivity index (χ3v) is 4.62. The zero-order valence-electron chi connectivity index (χ0n) is 15.0. The monoisotopic (exact) mass is 373 g/mol. The summed E-state index contributed by atoms with van der Waals surface area (Å²) in [5, 5.41) is 3.37. The molecule has 0 bridgehead atoms. The normalized spacial score (nSPS) is 12.5. The first-order valence-electron chi connectivity index (χ1n) is 8.84. The minimum absolute atomic E-state index is 0.211. The number of hydrogen-bond donors (Lipinski definition) is 2. The van der Waals surface area contributed by atoms with Crippen LogP contribution in [0.2, 0.25) is 0 Å². The van der Waals surface area contributed by atoms with Crippen molar-refractivity contribution in [3.8, 4) is 5.69 Å². The number of nitrogens with zero attached hydrogens (tertiary/aromatic N) is 5. The maximum Gasteiger partial charge on any atom is 0.182 e. The summed E-state index contributed by atoms with van der Waals surface area (Å²) in [5.74, 6) is 1.07. The highest BCUT2D eigenvalue weighted by Crippen LogP contribution is 2.28. The van der Waals surface area contributed by atoms with Crippen LogP contribution in [0.4, 0.5) is 10.2 Å². The number of rotatable bonds is 4. The molecular weight excluding hydrogens is 357 g/mol. The lowest BCUT2D eigenvalue weighted by Gasteiger charge is -2.17. The van der Waals surface area contributed by atoms with Gasteiger partial charge in [0.2, 0.25) is 0 Å². The van der Waals surface area contributed by atoms with Crippen LogP contribution in [-0.2, 0) is 0 Å². The van der Waals surface area contributed by atoms with Crippen LogP contribution in [0.15, 0.2) is 61.2 Å². The van der Waals surface area contributed by atoms with Crippen LogP contribution in [0.5, 0.6) is 0 Å². The molecule has 0 fully saturated rings. The fraction of sp³-hybridized carbons (Fsp3) is 0.100. The van der Waals surface area contributed by atoms with Gasteiger partial charge in [0.15, 0.2) is 11.5 Å². The number of anilines is 1. The van der Waals surface area contributed by atoms with Crippen molar-refractivity contribution in [1.82, 2.24) is 29.5 Å². The van der Waals surface area contributed by atoms with Gasteiger partial charge in [-0.1, -0.05) is 18.2 Å². The van der Waals surface area contributed by atoms with E-state index in [-0.39, 0.29) is 11.9 Å². The van der Waals surface area contributed by atoms with E-state index >= 15 is 0 Å². The van der Waals surface area contributed by atoms with Crippen molar-refractivity contribution < 1.29 is 4.39 Å². The third kappa shape index (κ3) is 2.66. The maximum absolute atomic E-state index is 13.8. The molecule has 2 N–H and O–H groups in total. The molecule has 0 unspecified atom stereocenters. The summed E-state index contributed by atoms with van der Waals surface area (Å²) in [5.41, 5.74) is 3.70. The van der Waals surface area contributed by atoms with E-state index in [1.807, 2.05) is 41.8 Å². The molecule has 1 atom stereocenters. The highest BCUT2D eigenvalue weighted by Gasteiger charge is 2.20. The van der Waals surface area contributed by atoms with Crippen molar-refractivity contribution in [3.05, 3.63) is 72.8 Å². The van der Waals surface area contributed by atoms with Crippen LogP contribution in [0.1, 0.15) is 18.8 Å². The molecule has 0 saturated carbocycles. The molecule has 0 aliphatic rings. The second kappa shape index (κ2) is 6.41. The van der Waals surface area contributed by atoms with Crippen molar-refractivity contribution >= 4 is 28.0 Å². The Morgan fingerprint density at radius 1 is 1.07 bits per heavy atom. The molecule has 138 valence electrons. The van der Waals surface area contributed by atoms with Crippen LogP contribution in [-0.4, -0.2) is 29.5 Å². The molecule has 0 aliphatic carbocycles. The van der Waals surface area contributed by atoms with Gasteiger partial charge in [-0.2, -0.15) is 0 Å². The number of fused-ring (bicyclic) bond motifs is 2. The molecule has 5 rings (SSSR count). The molecule has 5 aromatic rings. The summed E-state index contributed by atoms with van der Waals surface area (Å²) in [6, 6.07) is 14.3. The number of imidazole rings is 2. The van der Waals surface area contributed by atoms with Crippen LogP contribution in [0.3, 0.4) is 0 Å². The molecule has 0 radical (unpaired) electrons. The summed E-state index contributed by atoms with van der Waals surface area (Å²) in [6.07, 6.45) is 3.05. The molecule has 8 heteroatoms. The van der Waals surface area contributed by atoms with E-state index in [1.165, 1.54) is 18.5 Å². The number of hydrogen-bond acceptors (Lipinski definition) is 5. The van der Waals surface area contributed by atoms with Gasteiger partial charge >= 0.3 is 0 Å². The Bertz CT molecular complexity index is 1280. The highest BCUT2D eigenvalue weighted by atomic mass is 19.1. The average Bonchev–Trinajstić information content (AvgIpc) is 3.33. The van der Waals surface area contributed by atoms with E-state index in [9.17, 15) is 4.39 Å². The summed E-state index contributed by atoms with van der Waals surface area (Å²) in [7, 11) is 0. The van der Waals surface area contributed by atoms with Crippen molar-refractivity contribution in [3.63, 3.8) is 0 Å². The smallest absolute Gasteiger partial charge is 0.182 e. The minimum Gasteiger partial charge on any atom is -0.358 e. The standard InChI is InChI=1S/C20H16FN7/c1-12(26-19-17-18(23-10-22-17)24-11-25-19)20-27-15-9-13(21)7-8-16(15)28(20)14-5-3-2-4-6-14/h2-12H,1H3,(H2,22,23,24,25,26)/t12-/m0/s1. The molecule has 0 amide bonds. The Labute approximate surface area is 159 Å². The first-order chi connectivity index (χ1) is 13.7. The predicted octanol–water partition coefficient (Wildman–Crippen LogP) is 4.00. The van der Waals surface area contributed by atoms with E-state index in [0.717, 1.165) is 22.5 Å². The van der Waals surface area contributed by atoms with Gasteiger partial charge in [-0.3, -0.25) is 4.57 Å². The largest absolute Gasteiger partial charge is 0.358 e. The van der Waals surface area contributed by atoms with Crippen LogP contribution < -0.4 is 5.32 Å². The van der Waals surface area contributed by atoms with Crippen molar-refractivity contribution in [2.75, 3.05) is 5.32 Å². The summed E-state index contributed by atoms with van der Waals surface area (Å²) in [4.78, 5) is 20.4. The zero-order valence-corrected chi connectivity index (χ0v) is 15.0. The number of nitrogens with one attached hydrogen (secondary N) is 2. The van der Waals surface area contributed by atoms with Gasteiger partial charge in [-0.15, -0.1) is 0 Å². The number of para-hydroxylation sites is 1. The van der Waals surface area contributed by atoms with E-state index < -0.39 is 0 Å². The molecule has 2 aromatic carbocycles. The Kier molecular flexibility index (Phi) is 3.75. The average molecular weight is 373 g/mol. The van der Waals surface area contributed by atoms with E-state index in [2.05, 4.69) is 25.3 Å². The second-order valence-corrected chi connectivity index (χ2v) is 6.46. The lowest BCUT2D eigenvalue weighted by atomic mass is 10.2. The molecule has 3 heterocycles. The van der Waals surface area contributed by atoms with Gasteiger partial charge in [0.1, 0.15) is 23.5 Å². The quantitative estimate of drug-likeness (QED) is 0.497. The highest BCUT2D eigenvalue weighted by molar-refractivity contribution is 5.82. The Hall–Kier alpha value is -3.81. The molecule has 3 aromatic heterocycles. The molecule has 0 saturated heterocycles. The fourth-order valence-corrected chi connectivity index (χ4v) is 3.36. The lowest BCUT2D eigenvalue weighted by Crippen LogP contribution is -2.14. The van der Waals surface area contributed by atoms with E-state index in [1.54, 1.807) is 12.4 Å². The second-order valence-electron chi connectivity index (χ2n) is 6.46. The van der Waals surface area contributed by atoms with Crippen LogP contribution in [0.25, 0.3) is 27.9 Å². The summed E-state index contributed by atoms with van der Waals surface area (Å²) < 4.78 is 15.8. The van der Waals surface area contributed by atoms with Gasteiger partial charge in [0.05, 0.1) is 23.4 Å². The topological polar surface area (TPSA) is 84.3 Å². The lowest BCUT2D eigenvalue weighted by molar-refractivity contribution is 0.629. The number of benzene rings is 2. The van der Waals surface area contributed by atoms with Crippen LogP contribution >= 0.6 is 0 Å². The molecule has 0 aliphatic heterocycles. The maximum atomic E-state index is 13.8. The fourth-order valence-electron chi connectivity index (χ4n) is 3.36. The third-order valence-electron chi connectivity index (χ3n) is 4.62. The Morgan fingerprint density at radius 2 is 1.93 bits per heavy atom. The Morgan fingerprint density at radius 3 is 2.79 bits per heavy atom. The zero-order chi connectivity index (χ0) is 19.1. The number of halogens is 1. The number of aromatic amines is 1. The minimum atomic E-state index is -0.313. The number of aromatic nitrogens is 6. The van der Waals surface area contributed by atoms with Gasteiger partial charge in [0.25, 0.3) is 0 Å². The van der Waals surface area contributed by atoms with Gasteiger partial charge in [-0.25, -0.2) is 24.3 Å². The SMILES string of the molecule is C[C@H](Nc1ncnc2nc[nH]c12)c1nc2cc(F)ccc2n1-c1ccccc1. The van der Waals surface area contributed by atoms with Gasteiger partial charge < -0.3 is 10.3 Å². The Balaban J connectivity index is 1.64. The summed E-state index contributed by atoms with van der Waals surface area (Å²) in [6.45, 7) is 1.99. The molecular formula is C20H16FN7. The van der Waals surface area contributed by atoms with E-state index in [0.29, 0.717) is 17.0 Å². The van der Waals surface area contributed by atoms with Crippen molar-refractivity contribution in [2.24, 2.45) is 0 Å². The number of H-pyrrole nitrogens is 1. The van der Waals surface area contributed by atoms with Gasteiger partial charge in [0, 0.05) is 11.8 Å². The van der Waals surface area contributed by atoms with Crippen molar-refractivity contribution in [2.45, 2.75) is 13.0 Å². The van der Waals surface area contributed by atoms with Gasteiger partial charge in [-0.05, 0) is 31.2 Å².